The molecule has 0 aromatic carbocycles. The van der Waals surface area contributed by atoms with Crippen molar-refractivity contribution in [3.63, 3.8) is 0 Å². The Morgan fingerprint density at radius 3 is 3.04 bits per heavy atom. The number of carbonyl (C=O) groups is 1. The summed E-state index contributed by atoms with van der Waals surface area (Å²) >= 11 is 1.59. The van der Waals surface area contributed by atoms with Crippen LogP contribution in [0.1, 0.15) is 36.8 Å². The van der Waals surface area contributed by atoms with Gasteiger partial charge in [-0.15, -0.1) is 11.3 Å². The van der Waals surface area contributed by atoms with Crippen LogP contribution in [0, 0.1) is 0 Å². The van der Waals surface area contributed by atoms with E-state index in [-0.39, 0.29) is 12.2 Å². The summed E-state index contributed by atoms with van der Waals surface area (Å²) in [5.41, 5.74) is 0.970. The maximum Gasteiger partial charge on any atom is 0.329 e. The van der Waals surface area contributed by atoms with Crippen molar-refractivity contribution in [2.24, 2.45) is 0 Å². The fraction of sp³-hybridized carbons (Fsp3) is 0.562. The zero-order chi connectivity index (χ0) is 16.4. The molecule has 124 valence electrons. The second-order valence-corrected chi connectivity index (χ2v) is 6.62. The smallest absolute Gasteiger partial charge is 0.329 e. The summed E-state index contributed by atoms with van der Waals surface area (Å²) in [4.78, 5) is 31.3. The molecular weight excluding hydrogens is 316 g/mol. The van der Waals surface area contributed by atoms with Crippen molar-refractivity contribution < 1.29 is 14.3 Å². The second-order valence-electron chi connectivity index (χ2n) is 5.53. The van der Waals surface area contributed by atoms with Gasteiger partial charge in [0.1, 0.15) is 17.5 Å². The number of esters is 1. The molecule has 0 N–H and O–H groups in total. The third-order valence-electron chi connectivity index (χ3n) is 4.08. The third kappa shape index (κ3) is 3.03. The van der Waals surface area contributed by atoms with Gasteiger partial charge in [-0.2, -0.15) is 0 Å². The van der Waals surface area contributed by atoms with Crippen LogP contribution in [-0.4, -0.2) is 35.3 Å². The lowest BCUT2D eigenvalue weighted by molar-refractivity contribution is -0.148. The number of fused-ring (bicyclic) bond motifs is 3. The largest absolute Gasteiger partial charge is 0.462 e. The van der Waals surface area contributed by atoms with Gasteiger partial charge in [-0.05, 0) is 38.7 Å². The van der Waals surface area contributed by atoms with E-state index < -0.39 is 12.0 Å². The number of aryl methyl sites for hydroxylation is 2. The van der Waals surface area contributed by atoms with Gasteiger partial charge in [0.2, 0.25) is 0 Å². The molecule has 7 heteroatoms. The first-order valence-electron chi connectivity index (χ1n) is 7.89. The summed E-state index contributed by atoms with van der Waals surface area (Å²) in [7, 11) is 0. The predicted molar refractivity (Wildman–Crippen MR) is 88.1 cm³/mol. The van der Waals surface area contributed by atoms with E-state index in [0.717, 1.165) is 29.7 Å². The Hall–Kier alpha value is -1.73. The molecule has 1 aliphatic rings. The van der Waals surface area contributed by atoms with Gasteiger partial charge in [0.15, 0.2) is 0 Å². The van der Waals surface area contributed by atoms with Crippen molar-refractivity contribution in [1.82, 2.24) is 9.55 Å². The summed E-state index contributed by atoms with van der Waals surface area (Å²) < 4.78 is 11.7. The van der Waals surface area contributed by atoms with Gasteiger partial charge < -0.3 is 9.47 Å². The summed E-state index contributed by atoms with van der Waals surface area (Å²) in [6, 6.07) is -0.696. The van der Waals surface area contributed by atoms with Crippen molar-refractivity contribution in [2.75, 3.05) is 19.8 Å². The van der Waals surface area contributed by atoms with Crippen molar-refractivity contribution in [1.29, 1.82) is 0 Å². The monoisotopic (exact) mass is 336 g/mol. The van der Waals surface area contributed by atoms with Gasteiger partial charge in [-0.25, -0.2) is 9.78 Å². The van der Waals surface area contributed by atoms with Crippen molar-refractivity contribution >= 4 is 27.5 Å². The van der Waals surface area contributed by atoms with Crippen LogP contribution in [0.3, 0.4) is 0 Å². The highest BCUT2D eigenvalue weighted by Gasteiger charge is 2.24. The minimum atomic E-state index is -0.696. The number of rotatable bonds is 6. The Kier molecular flexibility index (Phi) is 4.77. The fourth-order valence-corrected chi connectivity index (χ4v) is 4.07. The van der Waals surface area contributed by atoms with Crippen LogP contribution in [0.25, 0.3) is 10.2 Å². The summed E-state index contributed by atoms with van der Waals surface area (Å²) in [6.45, 7) is 4.67. The molecule has 3 rings (SSSR count). The highest BCUT2D eigenvalue weighted by atomic mass is 32.1. The van der Waals surface area contributed by atoms with Crippen LogP contribution in [0.5, 0.6) is 0 Å². The minimum Gasteiger partial charge on any atom is -0.462 e. The zero-order valence-corrected chi connectivity index (χ0v) is 14.1. The first-order valence-corrected chi connectivity index (χ1v) is 8.71. The summed E-state index contributed by atoms with van der Waals surface area (Å²) in [6.07, 6.45) is 4.47. The highest BCUT2D eigenvalue weighted by molar-refractivity contribution is 7.18. The molecule has 6 nitrogen and oxygen atoms in total. The summed E-state index contributed by atoms with van der Waals surface area (Å²) in [5, 5.41) is 0.680. The van der Waals surface area contributed by atoms with Crippen molar-refractivity contribution in [2.45, 2.75) is 39.2 Å². The third-order valence-corrected chi connectivity index (χ3v) is 5.28. The number of nitrogens with zero attached hydrogens (tertiary/aromatic N) is 2. The lowest BCUT2D eigenvalue weighted by Crippen LogP contribution is -2.30. The molecule has 23 heavy (non-hydrogen) atoms. The molecule has 0 fully saturated rings. The van der Waals surface area contributed by atoms with Crippen LogP contribution in [0.2, 0.25) is 0 Å². The molecule has 0 bridgehead atoms. The van der Waals surface area contributed by atoms with E-state index in [4.69, 9.17) is 9.47 Å². The Labute approximate surface area is 138 Å². The van der Waals surface area contributed by atoms with Gasteiger partial charge in [0.05, 0.1) is 18.3 Å². The van der Waals surface area contributed by atoms with Crippen LogP contribution in [-0.2, 0) is 27.1 Å². The van der Waals surface area contributed by atoms with Gasteiger partial charge in [0, 0.05) is 11.5 Å². The molecule has 0 radical (unpaired) electrons. The number of ether oxygens (including phenoxy) is 2. The minimum absolute atomic E-state index is 0.149. The Balaban J connectivity index is 1.83. The zero-order valence-electron chi connectivity index (χ0n) is 13.3. The molecule has 1 aliphatic carbocycles. The lowest BCUT2D eigenvalue weighted by atomic mass is 10.2. The molecule has 2 aromatic rings. The summed E-state index contributed by atoms with van der Waals surface area (Å²) in [5.74, 6) is -0.445. The second kappa shape index (κ2) is 6.80. The molecule has 0 aliphatic heterocycles. The lowest BCUT2D eigenvalue weighted by Gasteiger charge is -2.14. The van der Waals surface area contributed by atoms with Gasteiger partial charge in [-0.1, -0.05) is 0 Å². The van der Waals surface area contributed by atoms with Crippen molar-refractivity contribution in [3.8, 4) is 0 Å². The number of thiophene rings is 1. The average Bonchev–Trinajstić information content (AvgIpc) is 3.11. The van der Waals surface area contributed by atoms with Crippen LogP contribution >= 0.6 is 11.3 Å². The molecule has 2 heterocycles. The van der Waals surface area contributed by atoms with Crippen molar-refractivity contribution in [3.05, 3.63) is 27.1 Å². The van der Waals surface area contributed by atoms with E-state index in [2.05, 4.69) is 4.98 Å². The Morgan fingerprint density at radius 2 is 2.26 bits per heavy atom. The highest BCUT2D eigenvalue weighted by Crippen LogP contribution is 2.34. The van der Waals surface area contributed by atoms with Gasteiger partial charge in [-0.3, -0.25) is 9.36 Å². The topological polar surface area (TPSA) is 70.4 Å². The molecule has 0 saturated heterocycles. The molecule has 2 aromatic heterocycles. The quantitative estimate of drug-likeness (QED) is 0.597. The molecular formula is C16H20N2O4S. The van der Waals surface area contributed by atoms with E-state index in [1.807, 2.05) is 6.92 Å². The Bertz CT molecular complexity index is 780. The van der Waals surface area contributed by atoms with E-state index >= 15 is 0 Å². The number of hydrogen-bond acceptors (Lipinski definition) is 6. The SMILES string of the molecule is CCOCCOC(=O)[C@@H](C)n1cnc2sc3c(c2c1=O)CCC3. The van der Waals surface area contributed by atoms with Gasteiger partial charge in [0.25, 0.3) is 5.56 Å². The number of carbonyl (C=O) groups excluding carboxylic acids is 1. The van der Waals surface area contributed by atoms with Crippen LogP contribution in [0.15, 0.2) is 11.1 Å². The maximum absolute atomic E-state index is 12.8. The van der Waals surface area contributed by atoms with E-state index in [0.29, 0.717) is 18.6 Å². The molecule has 0 unspecified atom stereocenters. The first-order chi connectivity index (χ1) is 11.1. The molecule has 0 spiro atoms. The normalized spacial score (nSPS) is 14.9. The molecule has 0 amide bonds. The maximum atomic E-state index is 12.8. The number of aromatic nitrogens is 2. The fourth-order valence-electron chi connectivity index (χ4n) is 2.85. The van der Waals surface area contributed by atoms with Gasteiger partial charge >= 0.3 is 5.97 Å². The van der Waals surface area contributed by atoms with Crippen LogP contribution < -0.4 is 5.56 Å². The predicted octanol–water partition coefficient (Wildman–Crippen LogP) is 2.09. The van der Waals surface area contributed by atoms with E-state index in [9.17, 15) is 9.59 Å². The van der Waals surface area contributed by atoms with E-state index in [1.165, 1.54) is 15.8 Å². The molecule has 1 atom stereocenters. The standard InChI is InChI=1S/C16H20N2O4S/c1-3-21-7-8-22-16(20)10(2)18-9-17-14-13(15(18)19)11-5-4-6-12(11)23-14/h9-10H,3-8H2,1-2H3/t10-/m1/s1. The van der Waals surface area contributed by atoms with Crippen LogP contribution in [0.4, 0.5) is 0 Å². The van der Waals surface area contributed by atoms with E-state index in [1.54, 1.807) is 18.3 Å². The molecule has 0 saturated carbocycles. The first kappa shape index (κ1) is 16.1. The number of hydrogen-bond donors (Lipinski definition) is 0. The average molecular weight is 336 g/mol. The Morgan fingerprint density at radius 1 is 1.43 bits per heavy atom.